The molecule has 51 heavy (non-hydrogen) atoms. The van der Waals surface area contributed by atoms with Gasteiger partial charge >= 0.3 is 17.7 Å². The normalized spacial score (nSPS) is 14.6. The van der Waals surface area contributed by atoms with E-state index in [0.717, 1.165) is 18.2 Å². The summed E-state index contributed by atoms with van der Waals surface area (Å²) in [5.41, 5.74) is 3.14. The second-order valence-electron chi connectivity index (χ2n) is 10.4. The smallest absolute Gasteiger partial charge is 0.337 e. The lowest BCUT2D eigenvalue weighted by molar-refractivity contribution is -0.394. The number of aliphatic hydroxyl groups is 1. The molecule has 18 nitrogen and oxygen atoms in total. The van der Waals surface area contributed by atoms with Crippen LogP contribution in [-0.4, -0.2) is 66.3 Å². The SMILES string of the molecule is CCOc1cc([C@H]2NC(=O)NC(C)=C2C(=O)OC)ccc1OC[C@@H](O)N/N=C/c1cc(I)c(Oc2ccc([N+](=O)[O-])cc2[N+](=O)[O-])c(OCC)c1. The van der Waals surface area contributed by atoms with Crippen molar-refractivity contribution >= 4 is 52.2 Å². The number of ether oxygens (including phenoxy) is 5. The Bertz CT molecular complexity index is 1890. The molecule has 0 unspecified atom stereocenters. The van der Waals surface area contributed by atoms with Crippen molar-refractivity contribution in [3.8, 4) is 28.7 Å². The van der Waals surface area contributed by atoms with Crippen LogP contribution in [0.3, 0.4) is 0 Å². The average Bonchev–Trinajstić information content (AvgIpc) is 3.08. The number of amides is 2. The molecule has 0 saturated heterocycles. The molecule has 4 rings (SSSR count). The van der Waals surface area contributed by atoms with Crippen LogP contribution >= 0.6 is 22.6 Å². The van der Waals surface area contributed by atoms with Crippen LogP contribution in [0.1, 0.15) is 37.9 Å². The van der Waals surface area contributed by atoms with Crippen LogP contribution in [-0.2, 0) is 9.53 Å². The Morgan fingerprint density at radius 2 is 1.73 bits per heavy atom. The van der Waals surface area contributed by atoms with Crippen LogP contribution in [0.5, 0.6) is 28.7 Å². The molecule has 1 heterocycles. The fourth-order valence-corrected chi connectivity index (χ4v) is 5.54. The summed E-state index contributed by atoms with van der Waals surface area (Å²) < 4.78 is 28.4. The lowest BCUT2D eigenvalue weighted by Gasteiger charge is -2.28. The molecule has 270 valence electrons. The average molecular weight is 821 g/mol. The number of methoxy groups -OCH3 is 1. The van der Waals surface area contributed by atoms with Crippen molar-refractivity contribution in [2.24, 2.45) is 5.10 Å². The number of hydrazone groups is 1. The number of nitrogens with one attached hydrogen (secondary N) is 3. The molecule has 2 atom stereocenters. The third-order valence-corrected chi connectivity index (χ3v) is 7.80. The summed E-state index contributed by atoms with van der Waals surface area (Å²) in [6.45, 7) is 5.35. The van der Waals surface area contributed by atoms with Gasteiger partial charge in [-0.2, -0.15) is 5.10 Å². The molecular weight excluding hydrogens is 787 g/mol. The highest BCUT2D eigenvalue weighted by Crippen LogP contribution is 2.41. The zero-order valence-electron chi connectivity index (χ0n) is 27.6. The van der Waals surface area contributed by atoms with Crippen LogP contribution in [0.15, 0.2) is 64.9 Å². The molecule has 0 fully saturated rings. The Kier molecular flexibility index (Phi) is 12.9. The Morgan fingerprint density at radius 1 is 1.02 bits per heavy atom. The van der Waals surface area contributed by atoms with Crippen LogP contribution in [0.4, 0.5) is 16.2 Å². The first-order valence-corrected chi connectivity index (χ1v) is 16.2. The minimum atomic E-state index is -1.27. The minimum Gasteiger partial charge on any atom is -0.490 e. The van der Waals surface area contributed by atoms with Gasteiger partial charge in [0.1, 0.15) is 6.61 Å². The van der Waals surface area contributed by atoms with E-state index in [4.69, 9.17) is 23.7 Å². The zero-order valence-corrected chi connectivity index (χ0v) is 29.8. The number of esters is 1. The van der Waals surface area contributed by atoms with Crippen LogP contribution in [0.25, 0.3) is 0 Å². The van der Waals surface area contributed by atoms with Crippen LogP contribution in [0, 0.1) is 23.8 Å². The quantitative estimate of drug-likeness (QED) is 0.0380. The number of nitro groups is 2. The number of urea groups is 1. The first kappa shape index (κ1) is 38.1. The molecule has 0 aliphatic carbocycles. The lowest BCUT2D eigenvalue weighted by atomic mass is 9.95. The highest BCUT2D eigenvalue weighted by molar-refractivity contribution is 14.1. The number of allylic oxidation sites excluding steroid dienone is 1. The highest BCUT2D eigenvalue weighted by Gasteiger charge is 2.32. The van der Waals surface area contributed by atoms with E-state index in [-0.39, 0.29) is 48.4 Å². The van der Waals surface area contributed by atoms with Gasteiger partial charge in [0, 0.05) is 11.8 Å². The van der Waals surface area contributed by atoms with Crippen molar-refractivity contribution in [2.45, 2.75) is 33.0 Å². The summed E-state index contributed by atoms with van der Waals surface area (Å²) in [6.07, 6.45) is 0.125. The summed E-state index contributed by atoms with van der Waals surface area (Å²) in [4.78, 5) is 45.9. The largest absolute Gasteiger partial charge is 0.490 e. The molecule has 0 radical (unpaired) electrons. The summed E-state index contributed by atoms with van der Waals surface area (Å²) in [6, 6.07) is 9.81. The summed E-state index contributed by atoms with van der Waals surface area (Å²) in [5.74, 6) is 0.140. The lowest BCUT2D eigenvalue weighted by Crippen LogP contribution is -2.45. The van der Waals surface area contributed by atoms with Gasteiger partial charge in [0.15, 0.2) is 29.2 Å². The summed E-state index contributed by atoms with van der Waals surface area (Å²) in [7, 11) is 1.25. The van der Waals surface area contributed by atoms with E-state index < -0.39 is 45.5 Å². The Hall–Kier alpha value is -5.70. The number of non-ortho nitro benzene ring substituents is 1. The van der Waals surface area contributed by atoms with E-state index in [1.807, 2.05) is 22.6 Å². The molecule has 0 bridgehead atoms. The second-order valence-corrected chi connectivity index (χ2v) is 11.6. The number of hydrogen-bond donors (Lipinski definition) is 4. The topological polar surface area (TPSA) is 235 Å². The fraction of sp³-hybridized carbons (Fsp3) is 0.281. The molecule has 1 aliphatic heterocycles. The predicted molar refractivity (Wildman–Crippen MR) is 189 cm³/mol. The number of carbonyl (C=O) groups is 2. The molecule has 1 aliphatic rings. The van der Waals surface area contributed by atoms with E-state index in [1.54, 1.807) is 51.1 Å². The molecule has 4 N–H and O–H groups in total. The Labute approximate surface area is 304 Å². The third-order valence-electron chi connectivity index (χ3n) is 7.00. The van der Waals surface area contributed by atoms with Gasteiger partial charge in [0.2, 0.25) is 5.75 Å². The predicted octanol–water partition coefficient (Wildman–Crippen LogP) is 4.82. The number of nitrogens with zero attached hydrogens (tertiary/aromatic N) is 3. The maximum atomic E-state index is 12.5. The van der Waals surface area contributed by atoms with Gasteiger partial charge < -0.3 is 39.4 Å². The second kappa shape index (κ2) is 17.3. The number of benzene rings is 3. The molecule has 0 saturated carbocycles. The molecule has 0 aromatic heterocycles. The Morgan fingerprint density at radius 3 is 2.39 bits per heavy atom. The van der Waals surface area contributed by atoms with Crippen molar-refractivity contribution in [3.63, 3.8) is 0 Å². The minimum absolute atomic E-state index is 0.152. The molecule has 2 amide bonds. The van der Waals surface area contributed by atoms with E-state index in [2.05, 4.69) is 21.2 Å². The number of halogens is 1. The molecule has 3 aromatic rings. The first-order valence-electron chi connectivity index (χ1n) is 15.2. The number of carbonyl (C=O) groups excluding carboxylic acids is 2. The van der Waals surface area contributed by atoms with Gasteiger partial charge in [-0.15, -0.1) is 0 Å². The monoisotopic (exact) mass is 820 g/mol. The van der Waals surface area contributed by atoms with Gasteiger partial charge in [-0.1, -0.05) is 6.07 Å². The third kappa shape index (κ3) is 9.51. The van der Waals surface area contributed by atoms with Crippen molar-refractivity contribution in [1.29, 1.82) is 0 Å². The zero-order chi connectivity index (χ0) is 37.2. The molecule has 19 heteroatoms. The fourth-order valence-electron chi connectivity index (χ4n) is 4.80. The van der Waals surface area contributed by atoms with Gasteiger partial charge in [0.05, 0.1) is 57.6 Å². The van der Waals surface area contributed by atoms with Crippen molar-refractivity contribution in [1.82, 2.24) is 16.1 Å². The van der Waals surface area contributed by atoms with Gasteiger partial charge in [-0.05, 0) is 84.8 Å². The summed E-state index contributed by atoms with van der Waals surface area (Å²) in [5, 5.41) is 42.6. The van der Waals surface area contributed by atoms with Crippen molar-refractivity contribution in [3.05, 3.63) is 94.7 Å². The van der Waals surface area contributed by atoms with Crippen molar-refractivity contribution in [2.75, 3.05) is 26.9 Å². The van der Waals surface area contributed by atoms with Crippen molar-refractivity contribution < 1.29 is 48.2 Å². The standard InChI is InChI=1S/C32H33IN6O12/c1-5-48-25-13-19(29-28(31(41)47-4)17(3)35-32(42)36-29)7-9-24(25)50-16-27(40)37-34-15-18-11-21(33)30(26(12-18)49-6-2)51-23-10-8-20(38(43)44)14-22(23)39(45)46/h7-15,27,29,37,40H,5-6,16H2,1-4H3,(H2,35,36,42)/b34-15+/t27-,29-/m1/s1. The maximum absolute atomic E-state index is 12.5. The molecule has 3 aromatic carbocycles. The number of hydrogen-bond acceptors (Lipinski definition) is 14. The highest BCUT2D eigenvalue weighted by atomic mass is 127. The Balaban J connectivity index is 1.46. The molecule has 0 spiro atoms. The van der Waals surface area contributed by atoms with Gasteiger partial charge in [-0.25, -0.2) is 9.59 Å². The van der Waals surface area contributed by atoms with E-state index >= 15 is 0 Å². The number of rotatable bonds is 16. The first-order chi connectivity index (χ1) is 24.4. The van der Waals surface area contributed by atoms with E-state index in [0.29, 0.717) is 26.1 Å². The number of aliphatic hydroxyl groups excluding tert-OH is 1. The van der Waals surface area contributed by atoms with Crippen LogP contribution < -0.4 is 35.0 Å². The van der Waals surface area contributed by atoms with E-state index in [1.165, 1.54) is 13.3 Å². The van der Waals surface area contributed by atoms with Gasteiger partial charge in [-0.3, -0.25) is 25.7 Å². The number of nitro benzene ring substituents is 2. The van der Waals surface area contributed by atoms with Gasteiger partial charge in [0.25, 0.3) is 5.69 Å². The maximum Gasteiger partial charge on any atom is 0.337 e. The van der Waals surface area contributed by atoms with Crippen LogP contribution in [0.2, 0.25) is 0 Å². The van der Waals surface area contributed by atoms with E-state index in [9.17, 15) is 34.9 Å². The molecular formula is C32H33IN6O12. The summed E-state index contributed by atoms with van der Waals surface area (Å²) >= 11 is 1.95.